The Kier molecular flexibility index (Phi) is 2.73. The lowest BCUT2D eigenvalue weighted by Gasteiger charge is -2.19. The molecule has 0 saturated heterocycles. The maximum absolute atomic E-state index is 6.16. The van der Waals surface area contributed by atoms with Gasteiger partial charge in [-0.15, -0.1) is 0 Å². The van der Waals surface area contributed by atoms with E-state index in [0.29, 0.717) is 11.3 Å². The second kappa shape index (κ2) is 3.80. The summed E-state index contributed by atoms with van der Waals surface area (Å²) < 4.78 is 0. The van der Waals surface area contributed by atoms with Gasteiger partial charge in [0, 0.05) is 5.69 Å². The van der Waals surface area contributed by atoms with Crippen LogP contribution in [0, 0.1) is 5.92 Å². The van der Waals surface area contributed by atoms with Crippen LogP contribution in [0.3, 0.4) is 0 Å². The van der Waals surface area contributed by atoms with Gasteiger partial charge in [-0.05, 0) is 47.3 Å². The molecule has 2 rings (SSSR count). The van der Waals surface area contributed by atoms with E-state index in [9.17, 15) is 0 Å². The molecule has 0 radical (unpaired) electrons. The van der Waals surface area contributed by atoms with Crippen LogP contribution >= 0.6 is 0 Å². The van der Waals surface area contributed by atoms with Gasteiger partial charge in [0.05, 0.1) is 0 Å². The highest BCUT2D eigenvalue weighted by Crippen LogP contribution is 2.50. The first kappa shape index (κ1) is 11.5. The molecule has 0 aliphatic heterocycles. The molecule has 0 spiro atoms. The molecule has 16 heavy (non-hydrogen) atoms. The quantitative estimate of drug-likeness (QED) is 0.742. The maximum Gasteiger partial charge on any atom is 0.0352 e. The maximum atomic E-state index is 6.16. The van der Waals surface area contributed by atoms with E-state index >= 15 is 0 Å². The molecule has 1 aliphatic rings. The number of fused-ring (bicyclic) bond motifs is 1. The van der Waals surface area contributed by atoms with Gasteiger partial charge in [-0.25, -0.2) is 0 Å². The van der Waals surface area contributed by atoms with E-state index < -0.39 is 0 Å². The van der Waals surface area contributed by atoms with Crippen LogP contribution in [-0.4, -0.2) is 0 Å². The summed E-state index contributed by atoms with van der Waals surface area (Å²) >= 11 is 0. The topological polar surface area (TPSA) is 26.0 Å². The standard InChI is InChI=1S/C15H23N/c1-10(2)8-11-9-15(3,4)12-6-5-7-13(16)14(11)12/h5-7,10-11H,8-9,16H2,1-4H3/t11-/m1/s1. The molecule has 0 saturated carbocycles. The summed E-state index contributed by atoms with van der Waals surface area (Å²) in [4.78, 5) is 0. The van der Waals surface area contributed by atoms with E-state index in [1.807, 2.05) is 6.07 Å². The minimum atomic E-state index is 0.296. The van der Waals surface area contributed by atoms with Gasteiger partial charge in [0.25, 0.3) is 0 Å². The number of nitrogen functional groups attached to an aromatic ring is 1. The zero-order chi connectivity index (χ0) is 11.9. The molecule has 1 atom stereocenters. The first-order chi connectivity index (χ1) is 7.42. The first-order valence-corrected chi connectivity index (χ1v) is 6.30. The van der Waals surface area contributed by atoms with Crippen LogP contribution < -0.4 is 5.73 Å². The van der Waals surface area contributed by atoms with Crippen LogP contribution in [0.2, 0.25) is 0 Å². The number of rotatable bonds is 2. The highest BCUT2D eigenvalue weighted by Gasteiger charge is 2.37. The molecule has 1 nitrogen and oxygen atoms in total. The Labute approximate surface area is 99.0 Å². The minimum Gasteiger partial charge on any atom is -0.398 e. The average molecular weight is 217 g/mol. The van der Waals surface area contributed by atoms with Crippen LogP contribution in [0.15, 0.2) is 18.2 Å². The Morgan fingerprint density at radius 1 is 1.38 bits per heavy atom. The highest BCUT2D eigenvalue weighted by molar-refractivity contribution is 5.57. The summed E-state index contributed by atoms with van der Waals surface area (Å²) in [6.45, 7) is 9.27. The third-order valence-electron chi connectivity index (χ3n) is 3.79. The summed E-state index contributed by atoms with van der Waals surface area (Å²) in [5.41, 5.74) is 10.4. The molecule has 0 aromatic heterocycles. The van der Waals surface area contributed by atoms with E-state index in [1.165, 1.54) is 24.0 Å². The van der Waals surface area contributed by atoms with Crippen molar-refractivity contribution in [3.05, 3.63) is 29.3 Å². The second-order valence-corrected chi connectivity index (χ2v) is 6.22. The van der Waals surface area contributed by atoms with Gasteiger partial charge < -0.3 is 5.73 Å². The summed E-state index contributed by atoms with van der Waals surface area (Å²) in [7, 11) is 0. The first-order valence-electron chi connectivity index (χ1n) is 6.30. The largest absolute Gasteiger partial charge is 0.398 e. The minimum absolute atomic E-state index is 0.296. The molecule has 0 amide bonds. The zero-order valence-corrected chi connectivity index (χ0v) is 10.9. The van der Waals surface area contributed by atoms with Crippen LogP contribution in [0.1, 0.15) is 57.6 Å². The van der Waals surface area contributed by atoms with Crippen molar-refractivity contribution in [1.82, 2.24) is 0 Å². The molecular weight excluding hydrogens is 194 g/mol. The van der Waals surface area contributed by atoms with Crippen LogP contribution in [-0.2, 0) is 5.41 Å². The molecule has 1 aromatic rings. The van der Waals surface area contributed by atoms with Gasteiger partial charge in [0.2, 0.25) is 0 Å². The monoisotopic (exact) mass is 217 g/mol. The average Bonchev–Trinajstić information content (AvgIpc) is 2.38. The van der Waals surface area contributed by atoms with Crippen molar-refractivity contribution in [2.45, 2.75) is 51.9 Å². The summed E-state index contributed by atoms with van der Waals surface area (Å²) in [5, 5.41) is 0. The number of hydrogen-bond acceptors (Lipinski definition) is 1. The highest BCUT2D eigenvalue weighted by atomic mass is 14.6. The molecule has 0 unspecified atom stereocenters. The lowest BCUT2D eigenvalue weighted by atomic mass is 9.85. The smallest absolute Gasteiger partial charge is 0.0352 e. The van der Waals surface area contributed by atoms with Crippen molar-refractivity contribution in [2.24, 2.45) is 5.92 Å². The Balaban J connectivity index is 2.44. The van der Waals surface area contributed by atoms with Gasteiger partial charge in [0.1, 0.15) is 0 Å². The summed E-state index contributed by atoms with van der Waals surface area (Å²) in [5.74, 6) is 1.40. The van der Waals surface area contributed by atoms with Crippen molar-refractivity contribution < 1.29 is 0 Å². The van der Waals surface area contributed by atoms with E-state index in [-0.39, 0.29) is 0 Å². The van der Waals surface area contributed by atoms with E-state index in [4.69, 9.17) is 5.73 Å². The third-order valence-corrected chi connectivity index (χ3v) is 3.79. The lowest BCUT2D eigenvalue weighted by molar-refractivity contribution is 0.423. The van der Waals surface area contributed by atoms with Crippen molar-refractivity contribution >= 4 is 5.69 Å². The fourth-order valence-electron chi connectivity index (χ4n) is 3.23. The third kappa shape index (κ3) is 1.83. The number of nitrogens with two attached hydrogens (primary N) is 1. The van der Waals surface area contributed by atoms with Crippen molar-refractivity contribution in [2.75, 3.05) is 5.73 Å². The van der Waals surface area contributed by atoms with Crippen LogP contribution in [0.25, 0.3) is 0 Å². The van der Waals surface area contributed by atoms with Crippen molar-refractivity contribution in [1.29, 1.82) is 0 Å². The molecule has 0 fully saturated rings. The number of benzene rings is 1. The van der Waals surface area contributed by atoms with E-state index in [2.05, 4.69) is 39.8 Å². The molecule has 1 aliphatic carbocycles. The molecule has 0 heterocycles. The number of anilines is 1. The summed E-state index contributed by atoms with van der Waals surface area (Å²) in [6, 6.07) is 6.40. The van der Waals surface area contributed by atoms with Gasteiger partial charge in [-0.1, -0.05) is 39.8 Å². The normalized spacial score (nSPS) is 22.4. The second-order valence-electron chi connectivity index (χ2n) is 6.22. The fourth-order valence-corrected chi connectivity index (χ4v) is 3.23. The Bertz CT molecular complexity index is 390. The molecule has 1 aromatic carbocycles. The predicted octanol–water partition coefficient (Wildman–Crippen LogP) is 4.08. The Hall–Kier alpha value is -0.980. The molecule has 2 N–H and O–H groups in total. The van der Waals surface area contributed by atoms with E-state index in [1.54, 1.807) is 0 Å². The Morgan fingerprint density at radius 2 is 2.06 bits per heavy atom. The van der Waals surface area contributed by atoms with Gasteiger partial charge >= 0.3 is 0 Å². The van der Waals surface area contributed by atoms with Gasteiger partial charge in [-0.3, -0.25) is 0 Å². The SMILES string of the molecule is CC(C)C[C@@H]1CC(C)(C)c2cccc(N)c21. The molecule has 88 valence electrons. The van der Waals surface area contributed by atoms with Crippen LogP contribution in [0.4, 0.5) is 5.69 Å². The predicted molar refractivity (Wildman–Crippen MR) is 70.7 cm³/mol. The number of hydrogen-bond donors (Lipinski definition) is 1. The van der Waals surface area contributed by atoms with Gasteiger partial charge in [0.15, 0.2) is 0 Å². The van der Waals surface area contributed by atoms with Crippen LogP contribution in [0.5, 0.6) is 0 Å². The van der Waals surface area contributed by atoms with E-state index in [0.717, 1.165) is 11.6 Å². The summed E-state index contributed by atoms with van der Waals surface area (Å²) in [6.07, 6.45) is 2.50. The van der Waals surface area contributed by atoms with Crippen molar-refractivity contribution in [3.8, 4) is 0 Å². The zero-order valence-electron chi connectivity index (χ0n) is 10.9. The fraction of sp³-hybridized carbons (Fsp3) is 0.600. The van der Waals surface area contributed by atoms with Gasteiger partial charge in [-0.2, -0.15) is 0 Å². The van der Waals surface area contributed by atoms with Crippen molar-refractivity contribution in [3.63, 3.8) is 0 Å². The molecule has 0 bridgehead atoms. The molecule has 1 heteroatoms. The molecular formula is C15H23N. The lowest BCUT2D eigenvalue weighted by Crippen LogP contribution is -2.12. The Morgan fingerprint density at radius 3 is 2.69 bits per heavy atom.